The molecule has 1 heterocycles. The molecule has 0 bridgehead atoms. The Kier molecular flexibility index (Phi) is 5.46. The Hall–Kier alpha value is -0.640. The summed E-state index contributed by atoms with van der Waals surface area (Å²) in [5.41, 5.74) is 1.67. The lowest BCUT2D eigenvalue weighted by Gasteiger charge is -2.33. The van der Waals surface area contributed by atoms with Crippen molar-refractivity contribution in [2.24, 2.45) is 11.1 Å². The third-order valence-electron chi connectivity index (χ3n) is 3.62. The molecule has 10 heteroatoms. The molecular weight excluding hydrogens is 322 g/mol. The fourth-order valence-electron chi connectivity index (χ4n) is 2.22. The van der Waals surface area contributed by atoms with Crippen LogP contribution in [0.3, 0.4) is 0 Å². The second-order valence-corrected chi connectivity index (χ2v) is 5.96. The van der Waals surface area contributed by atoms with Gasteiger partial charge in [0.05, 0.1) is 6.04 Å². The van der Waals surface area contributed by atoms with Crippen LogP contribution in [0.4, 0.5) is 26.3 Å². The molecule has 0 radical (unpaired) electrons. The van der Waals surface area contributed by atoms with Crippen molar-refractivity contribution in [3.05, 3.63) is 0 Å². The van der Waals surface area contributed by atoms with E-state index in [9.17, 15) is 31.1 Å². The number of nitrogens with two attached hydrogens (primary N) is 1. The van der Waals surface area contributed by atoms with Crippen molar-refractivity contribution < 1.29 is 31.1 Å². The smallest absolute Gasteiger partial charge is 0.340 e. The number of carbonyl (C=O) groups excluding carboxylic acids is 1. The van der Waals surface area contributed by atoms with Gasteiger partial charge in [0.15, 0.2) is 5.41 Å². The van der Waals surface area contributed by atoms with Gasteiger partial charge in [-0.05, 0) is 24.9 Å². The minimum atomic E-state index is -5.45. The van der Waals surface area contributed by atoms with Gasteiger partial charge in [0, 0.05) is 13.1 Å². The van der Waals surface area contributed by atoms with Crippen LogP contribution in [0.5, 0.6) is 0 Å². The molecule has 21 heavy (non-hydrogen) atoms. The summed E-state index contributed by atoms with van der Waals surface area (Å²) in [6.45, 7) is -2.00. The number of nitrogens with zero attached hydrogens (tertiary/aromatic N) is 1. The summed E-state index contributed by atoms with van der Waals surface area (Å²) >= 11 is 1.39. The van der Waals surface area contributed by atoms with Crippen LogP contribution in [-0.2, 0) is 4.79 Å². The number of alkyl halides is 6. The maximum atomic E-state index is 12.9. The van der Waals surface area contributed by atoms with Gasteiger partial charge in [-0.1, -0.05) is 0 Å². The highest BCUT2D eigenvalue weighted by Gasteiger charge is 2.72. The van der Waals surface area contributed by atoms with Gasteiger partial charge in [0.25, 0.3) is 0 Å². The normalized spacial score (nSPS) is 20.7. The summed E-state index contributed by atoms with van der Waals surface area (Å²) < 4.78 is 77.2. The van der Waals surface area contributed by atoms with Crippen LogP contribution in [0.25, 0.3) is 0 Å². The van der Waals surface area contributed by atoms with Crippen LogP contribution in [-0.4, -0.2) is 54.3 Å². The van der Waals surface area contributed by atoms with Crippen molar-refractivity contribution in [3.8, 4) is 0 Å². The summed E-state index contributed by atoms with van der Waals surface area (Å²) in [7, 11) is 0. The highest BCUT2D eigenvalue weighted by atomic mass is 32.2. The fourth-order valence-corrected chi connectivity index (χ4v) is 2.71. The minimum Gasteiger partial charge on any atom is -0.340 e. The van der Waals surface area contributed by atoms with Crippen molar-refractivity contribution in [1.29, 1.82) is 0 Å². The molecule has 124 valence electrons. The molecule has 0 saturated carbocycles. The molecule has 0 spiro atoms. The third kappa shape index (κ3) is 3.58. The molecule has 0 aliphatic carbocycles. The van der Waals surface area contributed by atoms with Gasteiger partial charge in [0.1, 0.15) is 0 Å². The number of halogens is 6. The van der Waals surface area contributed by atoms with E-state index in [0.29, 0.717) is 10.7 Å². The lowest BCUT2D eigenvalue weighted by Crippen LogP contribution is -2.53. The van der Waals surface area contributed by atoms with E-state index in [1.165, 1.54) is 11.8 Å². The number of thioether (sulfide) groups is 1. The van der Waals surface area contributed by atoms with Crippen molar-refractivity contribution in [2.45, 2.75) is 31.2 Å². The molecule has 1 unspecified atom stereocenters. The van der Waals surface area contributed by atoms with Crippen LogP contribution in [0.2, 0.25) is 0 Å². The molecule has 0 aromatic rings. The Balaban J connectivity index is 2.88. The first kappa shape index (κ1) is 18.4. The summed E-state index contributed by atoms with van der Waals surface area (Å²) in [5, 5.41) is 0. The molecule has 0 aromatic carbocycles. The lowest BCUT2D eigenvalue weighted by molar-refractivity contribution is -0.334. The van der Waals surface area contributed by atoms with E-state index in [1.54, 1.807) is 6.26 Å². The maximum absolute atomic E-state index is 12.9. The lowest BCUT2D eigenvalue weighted by atomic mass is 9.85. The maximum Gasteiger partial charge on any atom is 0.404 e. The molecule has 2 N–H and O–H groups in total. The van der Waals surface area contributed by atoms with Gasteiger partial charge >= 0.3 is 12.4 Å². The monoisotopic (exact) mass is 338 g/mol. The van der Waals surface area contributed by atoms with Gasteiger partial charge in [-0.15, -0.1) is 0 Å². The van der Waals surface area contributed by atoms with E-state index in [1.807, 2.05) is 0 Å². The van der Waals surface area contributed by atoms with E-state index in [4.69, 9.17) is 5.73 Å². The Bertz CT molecular complexity index is 370. The molecule has 1 aliphatic heterocycles. The molecule has 1 saturated heterocycles. The Morgan fingerprint density at radius 2 is 1.81 bits per heavy atom. The number of rotatable bonds is 4. The average molecular weight is 338 g/mol. The van der Waals surface area contributed by atoms with E-state index < -0.39 is 49.2 Å². The molecule has 1 fully saturated rings. The molecule has 0 aromatic heterocycles. The van der Waals surface area contributed by atoms with Crippen molar-refractivity contribution in [1.82, 2.24) is 4.90 Å². The summed E-state index contributed by atoms with van der Waals surface area (Å²) in [6.07, 6.45) is -10.1. The number of carbonyl (C=O) groups is 1. The molecule has 1 atom stereocenters. The molecule has 1 aliphatic rings. The first-order valence-electron chi connectivity index (χ1n) is 6.13. The Morgan fingerprint density at radius 1 is 1.29 bits per heavy atom. The first-order chi connectivity index (χ1) is 9.46. The predicted octanol–water partition coefficient (Wildman–Crippen LogP) is 2.41. The number of likely N-dealkylation sites (tertiary alicyclic amines) is 1. The van der Waals surface area contributed by atoms with Crippen LogP contribution < -0.4 is 5.73 Å². The van der Waals surface area contributed by atoms with E-state index in [0.717, 1.165) is 0 Å². The van der Waals surface area contributed by atoms with Gasteiger partial charge in [0.2, 0.25) is 5.91 Å². The summed E-state index contributed by atoms with van der Waals surface area (Å²) in [6, 6.07) is -1.07. The second-order valence-electron chi connectivity index (χ2n) is 4.98. The SMILES string of the molecule is CSCCC(N)C(=O)N1CCC(C(F)(F)F)(C(F)(F)F)C1. The number of amides is 1. The quantitative estimate of drug-likeness (QED) is 0.801. The van der Waals surface area contributed by atoms with Gasteiger partial charge in [-0.25, -0.2) is 0 Å². The van der Waals surface area contributed by atoms with Gasteiger partial charge in [-0.2, -0.15) is 38.1 Å². The van der Waals surface area contributed by atoms with Crippen LogP contribution >= 0.6 is 11.8 Å². The molecular formula is C11H16F6N2OS. The van der Waals surface area contributed by atoms with Gasteiger partial charge in [-0.3, -0.25) is 4.79 Å². The topological polar surface area (TPSA) is 46.3 Å². The van der Waals surface area contributed by atoms with Crippen LogP contribution in [0.1, 0.15) is 12.8 Å². The fraction of sp³-hybridized carbons (Fsp3) is 0.909. The molecule has 1 rings (SSSR count). The van der Waals surface area contributed by atoms with Crippen LogP contribution in [0, 0.1) is 5.41 Å². The molecule has 3 nitrogen and oxygen atoms in total. The zero-order valence-corrected chi connectivity index (χ0v) is 12.0. The zero-order chi connectivity index (χ0) is 16.5. The summed E-state index contributed by atoms with van der Waals surface area (Å²) in [5.74, 6) is -0.357. The Labute approximate surface area is 122 Å². The van der Waals surface area contributed by atoms with E-state index in [-0.39, 0.29) is 6.42 Å². The highest BCUT2D eigenvalue weighted by molar-refractivity contribution is 7.98. The van der Waals surface area contributed by atoms with Crippen LogP contribution in [0.15, 0.2) is 0 Å². The summed E-state index contributed by atoms with van der Waals surface area (Å²) in [4.78, 5) is 12.4. The number of hydrogen-bond acceptors (Lipinski definition) is 3. The largest absolute Gasteiger partial charge is 0.404 e. The third-order valence-corrected chi connectivity index (χ3v) is 4.26. The first-order valence-corrected chi connectivity index (χ1v) is 7.52. The second kappa shape index (κ2) is 6.23. The average Bonchev–Trinajstić information content (AvgIpc) is 2.80. The predicted molar refractivity (Wildman–Crippen MR) is 66.7 cm³/mol. The zero-order valence-electron chi connectivity index (χ0n) is 11.2. The van der Waals surface area contributed by atoms with Crippen molar-refractivity contribution >= 4 is 17.7 Å². The minimum absolute atomic E-state index is 0.210. The van der Waals surface area contributed by atoms with E-state index in [2.05, 4.69) is 0 Å². The Morgan fingerprint density at radius 3 is 2.19 bits per heavy atom. The van der Waals surface area contributed by atoms with Crippen molar-refractivity contribution in [3.63, 3.8) is 0 Å². The van der Waals surface area contributed by atoms with Crippen molar-refractivity contribution in [2.75, 3.05) is 25.1 Å². The van der Waals surface area contributed by atoms with E-state index >= 15 is 0 Å². The highest BCUT2D eigenvalue weighted by Crippen LogP contribution is 2.55. The van der Waals surface area contributed by atoms with Gasteiger partial charge < -0.3 is 10.6 Å². The molecule has 1 amide bonds. The number of hydrogen-bond donors (Lipinski definition) is 1. The standard InChI is InChI=1S/C11H16F6N2OS/c1-21-5-2-7(18)8(20)19-4-3-9(6-19,10(12,13)14)11(15,16)17/h7H,2-6,18H2,1H3.